The van der Waals surface area contributed by atoms with E-state index in [-0.39, 0.29) is 10.8 Å². The Bertz CT molecular complexity index is 513. The minimum Gasteiger partial charge on any atom is -0.481 e. The van der Waals surface area contributed by atoms with E-state index in [0.717, 1.165) is 31.2 Å². The SMILES string of the molecule is CC(C)(C)CC(C)(C)c1ccc(C2(C(=O)O)CCC2)cc1. The number of carboxylic acids is 1. The van der Waals surface area contributed by atoms with Gasteiger partial charge in [-0.05, 0) is 41.2 Å². The molecule has 0 atom stereocenters. The molecule has 0 aromatic heterocycles. The van der Waals surface area contributed by atoms with Crippen LogP contribution in [0.1, 0.15) is 71.4 Å². The first-order valence-corrected chi connectivity index (χ1v) is 7.91. The van der Waals surface area contributed by atoms with Gasteiger partial charge in [0.05, 0.1) is 5.41 Å². The molecule has 1 aliphatic carbocycles. The smallest absolute Gasteiger partial charge is 0.314 e. The Morgan fingerprint density at radius 1 is 1.10 bits per heavy atom. The number of carbonyl (C=O) groups is 1. The number of aliphatic carboxylic acids is 1. The minimum atomic E-state index is -0.671. The largest absolute Gasteiger partial charge is 0.481 e. The van der Waals surface area contributed by atoms with E-state index >= 15 is 0 Å². The molecule has 2 heteroatoms. The van der Waals surface area contributed by atoms with Crippen LogP contribution in [0.2, 0.25) is 0 Å². The molecule has 0 amide bonds. The van der Waals surface area contributed by atoms with Crippen molar-refractivity contribution in [1.29, 1.82) is 0 Å². The predicted octanol–water partition coefficient (Wildman–Crippen LogP) is 4.91. The molecule has 0 unspecified atom stereocenters. The Labute approximate surface area is 128 Å². The lowest BCUT2D eigenvalue weighted by Gasteiger charge is -2.39. The number of hydrogen-bond acceptors (Lipinski definition) is 1. The zero-order chi connectivity index (χ0) is 15.9. The predicted molar refractivity (Wildman–Crippen MR) is 86.7 cm³/mol. The van der Waals surface area contributed by atoms with Crippen molar-refractivity contribution in [2.45, 2.75) is 71.1 Å². The Kier molecular flexibility index (Phi) is 3.94. The van der Waals surface area contributed by atoms with Gasteiger partial charge in [0.15, 0.2) is 0 Å². The molecule has 0 radical (unpaired) electrons. The summed E-state index contributed by atoms with van der Waals surface area (Å²) < 4.78 is 0. The Balaban J connectivity index is 2.25. The van der Waals surface area contributed by atoms with Crippen molar-refractivity contribution in [1.82, 2.24) is 0 Å². The van der Waals surface area contributed by atoms with Crippen molar-refractivity contribution in [2.24, 2.45) is 5.41 Å². The number of benzene rings is 1. The highest BCUT2D eigenvalue weighted by Crippen LogP contribution is 2.45. The molecule has 0 aliphatic heterocycles. The van der Waals surface area contributed by atoms with Gasteiger partial charge in [0.1, 0.15) is 0 Å². The summed E-state index contributed by atoms with van der Waals surface area (Å²) in [4.78, 5) is 11.6. The van der Waals surface area contributed by atoms with Crippen LogP contribution in [0.15, 0.2) is 24.3 Å². The van der Waals surface area contributed by atoms with Gasteiger partial charge in [-0.25, -0.2) is 0 Å². The molecule has 1 N–H and O–H groups in total. The second-order valence-corrected chi connectivity index (χ2v) is 8.44. The van der Waals surface area contributed by atoms with Gasteiger partial charge in [-0.3, -0.25) is 4.79 Å². The van der Waals surface area contributed by atoms with Gasteiger partial charge in [-0.15, -0.1) is 0 Å². The van der Waals surface area contributed by atoms with E-state index in [9.17, 15) is 9.90 Å². The lowest BCUT2D eigenvalue weighted by molar-refractivity contribution is -0.147. The average Bonchev–Trinajstić information content (AvgIpc) is 2.24. The average molecular weight is 288 g/mol. The minimum absolute atomic E-state index is 0.104. The molecule has 0 saturated heterocycles. The Morgan fingerprint density at radius 3 is 1.95 bits per heavy atom. The highest BCUT2D eigenvalue weighted by Gasteiger charge is 2.45. The zero-order valence-corrected chi connectivity index (χ0v) is 14.0. The van der Waals surface area contributed by atoms with Crippen LogP contribution in [0.25, 0.3) is 0 Å². The van der Waals surface area contributed by atoms with E-state index in [2.05, 4.69) is 46.8 Å². The van der Waals surface area contributed by atoms with Crippen LogP contribution < -0.4 is 0 Å². The van der Waals surface area contributed by atoms with Crippen molar-refractivity contribution in [3.8, 4) is 0 Å². The van der Waals surface area contributed by atoms with E-state index in [1.165, 1.54) is 5.56 Å². The van der Waals surface area contributed by atoms with E-state index in [0.29, 0.717) is 0 Å². The van der Waals surface area contributed by atoms with Gasteiger partial charge < -0.3 is 5.11 Å². The lowest BCUT2D eigenvalue weighted by atomic mass is 9.64. The second-order valence-electron chi connectivity index (χ2n) is 8.44. The maximum absolute atomic E-state index is 11.6. The van der Waals surface area contributed by atoms with E-state index in [1.54, 1.807) is 0 Å². The van der Waals surface area contributed by atoms with E-state index in [4.69, 9.17) is 0 Å². The first-order chi connectivity index (χ1) is 9.57. The summed E-state index contributed by atoms with van der Waals surface area (Å²) in [6.07, 6.45) is 3.66. The molecule has 0 spiro atoms. The third kappa shape index (κ3) is 3.14. The summed E-state index contributed by atoms with van der Waals surface area (Å²) in [6, 6.07) is 8.33. The molecule has 116 valence electrons. The zero-order valence-electron chi connectivity index (χ0n) is 14.0. The molecular formula is C19H28O2. The topological polar surface area (TPSA) is 37.3 Å². The van der Waals surface area contributed by atoms with Crippen LogP contribution in [-0.4, -0.2) is 11.1 Å². The monoisotopic (exact) mass is 288 g/mol. The van der Waals surface area contributed by atoms with Crippen LogP contribution in [0.3, 0.4) is 0 Å². The van der Waals surface area contributed by atoms with Gasteiger partial charge in [-0.1, -0.05) is 65.3 Å². The maximum atomic E-state index is 11.6. The van der Waals surface area contributed by atoms with Crippen molar-refractivity contribution < 1.29 is 9.90 Å². The van der Waals surface area contributed by atoms with Crippen molar-refractivity contribution in [3.63, 3.8) is 0 Å². The number of rotatable bonds is 4. The second kappa shape index (κ2) is 5.15. The summed E-state index contributed by atoms with van der Waals surface area (Å²) in [5.74, 6) is -0.671. The van der Waals surface area contributed by atoms with Gasteiger partial charge in [0.2, 0.25) is 0 Å². The molecule has 0 bridgehead atoms. The third-order valence-electron chi connectivity index (χ3n) is 4.81. The van der Waals surface area contributed by atoms with Crippen molar-refractivity contribution >= 4 is 5.97 Å². The molecular weight excluding hydrogens is 260 g/mol. The van der Waals surface area contributed by atoms with E-state index < -0.39 is 11.4 Å². The molecule has 21 heavy (non-hydrogen) atoms. The standard InChI is InChI=1S/C19H28O2/c1-17(2,3)13-18(4,5)14-7-9-15(10-8-14)19(16(20)21)11-6-12-19/h7-10H,6,11-13H2,1-5H3,(H,20,21). The fraction of sp³-hybridized carbons (Fsp3) is 0.632. The number of hydrogen-bond donors (Lipinski definition) is 1. The van der Waals surface area contributed by atoms with Gasteiger partial charge in [-0.2, -0.15) is 0 Å². The van der Waals surface area contributed by atoms with Gasteiger partial charge in [0, 0.05) is 0 Å². The lowest BCUT2D eigenvalue weighted by Crippen LogP contribution is -2.42. The summed E-state index contributed by atoms with van der Waals surface area (Å²) in [6.45, 7) is 11.3. The molecule has 1 aliphatic rings. The van der Waals surface area contributed by atoms with Crippen LogP contribution >= 0.6 is 0 Å². The quantitative estimate of drug-likeness (QED) is 0.855. The molecule has 1 fully saturated rings. The van der Waals surface area contributed by atoms with Crippen LogP contribution in [-0.2, 0) is 15.6 Å². The van der Waals surface area contributed by atoms with Crippen LogP contribution in [0, 0.1) is 5.41 Å². The first kappa shape index (κ1) is 16.1. The summed E-state index contributed by atoms with van der Waals surface area (Å²) in [5, 5.41) is 9.52. The van der Waals surface area contributed by atoms with Crippen molar-refractivity contribution in [3.05, 3.63) is 35.4 Å². The summed E-state index contributed by atoms with van der Waals surface area (Å²) >= 11 is 0. The van der Waals surface area contributed by atoms with Gasteiger partial charge in [0.25, 0.3) is 0 Å². The normalized spacial score (nSPS) is 18.1. The fourth-order valence-electron chi connectivity index (χ4n) is 3.82. The van der Waals surface area contributed by atoms with Gasteiger partial charge >= 0.3 is 5.97 Å². The van der Waals surface area contributed by atoms with E-state index in [1.807, 2.05) is 12.1 Å². The number of carboxylic acid groups (broad SMARTS) is 1. The molecule has 2 nitrogen and oxygen atoms in total. The highest BCUT2D eigenvalue weighted by molar-refractivity contribution is 5.82. The van der Waals surface area contributed by atoms with Crippen LogP contribution in [0.5, 0.6) is 0 Å². The van der Waals surface area contributed by atoms with Crippen molar-refractivity contribution in [2.75, 3.05) is 0 Å². The maximum Gasteiger partial charge on any atom is 0.314 e. The third-order valence-corrected chi connectivity index (χ3v) is 4.81. The molecule has 1 aromatic carbocycles. The summed E-state index contributed by atoms with van der Waals surface area (Å²) in [5.41, 5.74) is 2.02. The molecule has 1 saturated carbocycles. The Hall–Kier alpha value is -1.31. The summed E-state index contributed by atoms with van der Waals surface area (Å²) in [7, 11) is 0. The first-order valence-electron chi connectivity index (χ1n) is 7.91. The fourth-order valence-corrected chi connectivity index (χ4v) is 3.82. The van der Waals surface area contributed by atoms with Crippen LogP contribution in [0.4, 0.5) is 0 Å². The molecule has 2 rings (SSSR count). The highest BCUT2D eigenvalue weighted by atomic mass is 16.4. The molecule has 0 heterocycles. The molecule has 1 aromatic rings. The Morgan fingerprint density at radius 2 is 1.62 bits per heavy atom.